The molecule has 1 fully saturated rings. The summed E-state index contributed by atoms with van der Waals surface area (Å²) >= 11 is 0. The number of carbonyl (C=O) groups excluding carboxylic acids is 1. The van der Waals surface area contributed by atoms with Gasteiger partial charge in [0.25, 0.3) is 0 Å². The third kappa shape index (κ3) is 3.81. The van der Waals surface area contributed by atoms with Crippen LogP contribution in [0.4, 0.5) is 10.5 Å². The van der Waals surface area contributed by atoms with E-state index in [-0.39, 0.29) is 12.1 Å². The standard InChI is InChI=1S/C20H25N3O3/c1-22(2)17-12-23(13-18(17)24)20(25)21-15-10-8-14(9-11-15)16-6-4-5-7-19(16)26-3/h4-11,17-18,24H,12-13H2,1-3H3,(H,21,25)/t17-,18-/m0/s1. The van der Waals surface area contributed by atoms with Crippen molar-refractivity contribution in [2.75, 3.05) is 39.6 Å². The molecule has 26 heavy (non-hydrogen) atoms. The van der Waals surface area contributed by atoms with Gasteiger partial charge in [0.2, 0.25) is 0 Å². The first kappa shape index (κ1) is 18.2. The summed E-state index contributed by atoms with van der Waals surface area (Å²) in [6.07, 6.45) is -0.524. The van der Waals surface area contributed by atoms with E-state index in [0.29, 0.717) is 13.1 Å². The summed E-state index contributed by atoms with van der Waals surface area (Å²) in [5.41, 5.74) is 2.74. The third-order valence-electron chi connectivity index (χ3n) is 4.76. The van der Waals surface area contributed by atoms with Crippen molar-refractivity contribution in [3.8, 4) is 16.9 Å². The Hall–Kier alpha value is -2.57. The average molecular weight is 355 g/mol. The number of anilines is 1. The molecule has 0 aliphatic carbocycles. The molecule has 2 amide bonds. The van der Waals surface area contributed by atoms with Crippen LogP contribution in [0.15, 0.2) is 48.5 Å². The van der Waals surface area contributed by atoms with Crippen molar-refractivity contribution in [2.45, 2.75) is 12.1 Å². The second-order valence-corrected chi connectivity index (χ2v) is 6.71. The number of carbonyl (C=O) groups is 1. The molecule has 3 rings (SSSR count). The first-order valence-electron chi connectivity index (χ1n) is 8.63. The van der Waals surface area contributed by atoms with Gasteiger partial charge in [-0.25, -0.2) is 4.79 Å². The highest BCUT2D eigenvalue weighted by molar-refractivity contribution is 5.90. The number of nitrogens with one attached hydrogen (secondary N) is 1. The number of benzene rings is 2. The van der Waals surface area contributed by atoms with Crippen LogP contribution in [-0.4, -0.2) is 67.4 Å². The molecule has 0 bridgehead atoms. The molecule has 138 valence electrons. The van der Waals surface area contributed by atoms with Crippen LogP contribution < -0.4 is 10.1 Å². The molecule has 0 aromatic heterocycles. The molecule has 2 atom stereocenters. The Morgan fingerprint density at radius 2 is 1.85 bits per heavy atom. The van der Waals surface area contributed by atoms with Gasteiger partial charge in [-0.1, -0.05) is 30.3 Å². The Balaban J connectivity index is 1.67. The number of hydrogen-bond donors (Lipinski definition) is 2. The maximum Gasteiger partial charge on any atom is 0.321 e. The summed E-state index contributed by atoms with van der Waals surface area (Å²) in [5.74, 6) is 0.810. The van der Waals surface area contributed by atoms with Gasteiger partial charge in [-0.15, -0.1) is 0 Å². The number of likely N-dealkylation sites (N-methyl/N-ethyl adjacent to an activating group) is 1. The highest BCUT2D eigenvalue weighted by Gasteiger charge is 2.35. The molecule has 1 heterocycles. The van der Waals surface area contributed by atoms with Crippen molar-refractivity contribution < 1.29 is 14.6 Å². The minimum Gasteiger partial charge on any atom is -0.496 e. The number of methoxy groups -OCH3 is 1. The van der Waals surface area contributed by atoms with Crippen LogP contribution in [0.5, 0.6) is 5.75 Å². The molecule has 0 spiro atoms. The number of hydrogen-bond acceptors (Lipinski definition) is 4. The molecular formula is C20H25N3O3. The van der Waals surface area contributed by atoms with Gasteiger partial charge in [-0.2, -0.15) is 0 Å². The predicted molar refractivity (Wildman–Crippen MR) is 103 cm³/mol. The highest BCUT2D eigenvalue weighted by atomic mass is 16.5. The summed E-state index contributed by atoms with van der Waals surface area (Å²) in [7, 11) is 5.47. The lowest BCUT2D eigenvalue weighted by molar-refractivity contribution is 0.113. The summed E-state index contributed by atoms with van der Waals surface area (Å²) < 4.78 is 5.40. The van der Waals surface area contributed by atoms with Crippen LogP contribution >= 0.6 is 0 Å². The molecular weight excluding hydrogens is 330 g/mol. The molecule has 1 saturated heterocycles. The number of β-amino-alcohol motifs (C(OH)–C–C–N with tert-alkyl or cyclic N) is 1. The van der Waals surface area contributed by atoms with Gasteiger partial charge < -0.3 is 25.0 Å². The summed E-state index contributed by atoms with van der Waals surface area (Å²) in [6, 6.07) is 15.2. The Morgan fingerprint density at radius 1 is 1.15 bits per heavy atom. The van der Waals surface area contributed by atoms with E-state index >= 15 is 0 Å². The number of para-hydroxylation sites is 1. The fraction of sp³-hybridized carbons (Fsp3) is 0.350. The zero-order chi connectivity index (χ0) is 18.7. The van der Waals surface area contributed by atoms with Gasteiger partial charge in [0.1, 0.15) is 5.75 Å². The lowest BCUT2D eigenvalue weighted by Crippen LogP contribution is -2.38. The molecule has 6 heteroatoms. The molecule has 0 radical (unpaired) electrons. The smallest absolute Gasteiger partial charge is 0.321 e. The van der Waals surface area contributed by atoms with E-state index < -0.39 is 6.10 Å². The van der Waals surface area contributed by atoms with Crippen LogP contribution in [0, 0.1) is 0 Å². The van der Waals surface area contributed by atoms with E-state index in [9.17, 15) is 9.90 Å². The normalized spacial score (nSPS) is 19.7. The summed E-state index contributed by atoms with van der Waals surface area (Å²) in [6.45, 7) is 0.854. The Bertz CT molecular complexity index is 761. The van der Waals surface area contributed by atoms with E-state index in [0.717, 1.165) is 22.6 Å². The van der Waals surface area contributed by atoms with Crippen molar-refractivity contribution in [1.29, 1.82) is 0 Å². The van der Waals surface area contributed by atoms with Gasteiger partial charge in [-0.05, 0) is 37.9 Å². The zero-order valence-electron chi connectivity index (χ0n) is 15.3. The number of amides is 2. The first-order valence-corrected chi connectivity index (χ1v) is 8.63. The Labute approximate surface area is 154 Å². The van der Waals surface area contributed by atoms with Gasteiger partial charge in [0.15, 0.2) is 0 Å². The monoisotopic (exact) mass is 355 g/mol. The van der Waals surface area contributed by atoms with Crippen molar-refractivity contribution in [3.05, 3.63) is 48.5 Å². The number of aliphatic hydroxyl groups excluding tert-OH is 1. The fourth-order valence-corrected chi connectivity index (χ4v) is 3.26. The minimum atomic E-state index is -0.524. The van der Waals surface area contributed by atoms with Gasteiger partial charge in [0, 0.05) is 17.8 Å². The zero-order valence-corrected chi connectivity index (χ0v) is 15.3. The minimum absolute atomic E-state index is 0.0336. The molecule has 1 aliphatic heterocycles. The quantitative estimate of drug-likeness (QED) is 0.884. The Morgan fingerprint density at radius 3 is 2.46 bits per heavy atom. The molecule has 0 saturated carbocycles. The number of aliphatic hydroxyl groups is 1. The largest absolute Gasteiger partial charge is 0.496 e. The number of urea groups is 1. The third-order valence-corrected chi connectivity index (χ3v) is 4.76. The van der Waals surface area contributed by atoms with Crippen LogP contribution in [0.2, 0.25) is 0 Å². The number of likely N-dealkylation sites (tertiary alicyclic amines) is 1. The van der Waals surface area contributed by atoms with Crippen LogP contribution in [0.1, 0.15) is 0 Å². The number of nitrogens with zero attached hydrogens (tertiary/aromatic N) is 2. The second-order valence-electron chi connectivity index (χ2n) is 6.71. The molecule has 6 nitrogen and oxygen atoms in total. The van der Waals surface area contributed by atoms with Crippen LogP contribution in [0.25, 0.3) is 11.1 Å². The lowest BCUT2D eigenvalue weighted by Gasteiger charge is -2.21. The van der Waals surface area contributed by atoms with Crippen LogP contribution in [0.3, 0.4) is 0 Å². The number of ether oxygens (including phenoxy) is 1. The summed E-state index contributed by atoms with van der Waals surface area (Å²) in [4.78, 5) is 16.0. The maximum absolute atomic E-state index is 12.4. The van der Waals surface area contributed by atoms with E-state index in [1.165, 1.54) is 0 Å². The molecule has 2 N–H and O–H groups in total. The SMILES string of the molecule is COc1ccccc1-c1ccc(NC(=O)N2C[C@H](O)[C@@H](N(C)C)C2)cc1. The fourth-order valence-electron chi connectivity index (χ4n) is 3.26. The summed E-state index contributed by atoms with van der Waals surface area (Å²) in [5, 5.41) is 13.0. The molecule has 2 aromatic carbocycles. The van der Waals surface area contributed by atoms with Gasteiger partial charge in [-0.3, -0.25) is 0 Å². The topological polar surface area (TPSA) is 65.0 Å². The molecule has 2 aromatic rings. The van der Waals surface area contributed by atoms with Crippen molar-refractivity contribution in [2.24, 2.45) is 0 Å². The average Bonchev–Trinajstić information content (AvgIpc) is 3.04. The van der Waals surface area contributed by atoms with Crippen molar-refractivity contribution in [1.82, 2.24) is 9.80 Å². The van der Waals surface area contributed by atoms with Crippen LogP contribution in [-0.2, 0) is 0 Å². The highest BCUT2D eigenvalue weighted by Crippen LogP contribution is 2.30. The van der Waals surface area contributed by atoms with E-state index in [1.54, 1.807) is 12.0 Å². The van der Waals surface area contributed by atoms with E-state index in [2.05, 4.69) is 5.32 Å². The van der Waals surface area contributed by atoms with Crippen molar-refractivity contribution in [3.63, 3.8) is 0 Å². The molecule has 1 aliphatic rings. The second kappa shape index (κ2) is 7.76. The first-order chi connectivity index (χ1) is 12.5. The maximum atomic E-state index is 12.4. The van der Waals surface area contributed by atoms with E-state index in [1.807, 2.05) is 67.5 Å². The molecule has 0 unspecified atom stereocenters. The predicted octanol–water partition coefficient (Wildman–Crippen LogP) is 2.50. The Kier molecular flexibility index (Phi) is 5.44. The van der Waals surface area contributed by atoms with E-state index in [4.69, 9.17) is 4.74 Å². The van der Waals surface area contributed by atoms with Gasteiger partial charge in [0.05, 0.1) is 25.8 Å². The lowest BCUT2D eigenvalue weighted by atomic mass is 10.0. The van der Waals surface area contributed by atoms with Gasteiger partial charge >= 0.3 is 6.03 Å². The number of rotatable bonds is 4. The van der Waals surface area contributed by atoms with Crippen molar-refractivity contribution >= 4 is 11.7 Å².